The van der Waals surface area contributed by atoms with Gasteiger partial charge in [-0.2, -0.15) is 0 Å². The average molecular weight is 336 g/mol. The van der Waals surface area contributed by atoms with Gasteiger partial charge in [0.2, 0.25) is 5.75 Å². The molecule has 0 saturated carbocycles. The van der Waals surface area contributed by atoms with Crippen LogP contribution in [-0.4, -0.2) is 27.9 Å². The molecule has 0 spiro atoms. The first-order valence-corrected chi connectivity index (χ1v) is 7.75. The van der Waals surface area contributed by atoms with Gasteiger partial charge in [-0.3, -0.25) is 0 Å². The molecule has 2 N–H and O–H groups in total. The number of ether oxygens (including phenoxy) is 3. The summed E-state index contributed by atoms with van der Waals surface area (Å²) in [5, 5.41) is 0.732. The fourth-order valence-electron chi connectivity index (χ4n) is 2.66. The second-order valence-electron chi connectivity index (χ2n) is 5.19. The van der Waals surface area contributed by atoms with E-state index in [-0.39, 0.29) is 5.92 Å². The van der Waals surface area contributed by atoms with Crippen LogP contribution in [-0.2, 0) is 6.42 Å². The van der Waals surface area contributed by atoms with Crippen molar-refractivity contribution in [2.45, 2.75) is 12.3 Å². The molecule has 0 fully saturated rings. The minimum Gasteiger partial charge on any atom is -0.493 e. The van der Waals surface area contributed by atoms with Crippen LogP contribution in [0.2, 0.25) is 5.02 Å². The number of hydrogen-bond acceptors (Lipinski definition) is 4. The standard InChI is InChI=1S/C18H22ClNO3/c1-21-16-9-12(10-17(22-2)18(16)23-3)8-13(11-20)14-6-4-5-7-15(14)19/h4-7,9-10,13H,8,11,20H2,1-3H3. The summed E-state index contributed by atoms with van der Waals surface area (Å²) in [5.41, 5.74) is 8.07. The lowest BCUT2D eigenvalue weighted by atomic mass is 9.91. The summed E-state index contributed by atoms with van der Waals surface area (Å²) in [6, 6.07) is 11.7. The topological polar surface area (TPSA) is 53.7 Å². The lowest BCUT2D eigenvalue weighted by Gasteiger charge is -2.19. The number of halogens is 1. The first-order valence-electron chi connectivity index (χ1n) is 7.38. The van der Waals surface area contributed by atoms with Crippen molar-refractivity contribution in [3.8, 4) is 17.2 Å². The molecule has 2 rings (SSSR count). The highest BCUT2D eigenvalue weighted by Crippen LogP contribution is 2.39. The van der Waals surface area contributed by atoms with Gasteiger partial charge in [0.25, 0.3) is 0 Å². The predicted octanol–water partition coefficient (Wildman–Crippen LogP) is 3.65. The third kappa shape index (κ3) is 3.89. The van der Waals surface area contributed by atoms with Crippen LogP contribution in [0.25, 0.3) is 0 Å². The van der Waals surface area contributed by atoms with Gasteiger partial charge >= 0.3 is 0 Å². The molecule has 0 aliphatic carbocycles. The molecule has 0 aromatic heterocycles. The minimum atomic E-state index is 0.117. The van der Waals surface area contributed by atoms with Crippen molar-refractivity contribution in [3.63, 3.8) is 0 Å². The molecule has 0 saturated heterocycles. The molecule has 4 nitrogen and oxygen atoms in total. The Morgan fingerprint density at radius 3 is 2.09 bits per heavy atom. The monoisotopic (exact) mass is 335 g/mol. The van der Waals surface area contributed by atoms with E-state index in [9.17, 15) is 0 Å². The van der Waals surface area contributed by atoms with Gasteiger partial charge in [0.15, 0.2) is 11.5 Å². The maximum absolute atomic E-state index is 6.30. The largest absolute Gasteiger partial charge is 0.493 e. The minimum absolute atomic E-state index is 0.117. The Kier molecular flexibility index (Phi) is 6.13. The number of hydrogen-bond donors (Lipinski definition) is 1. The van der Waals surface area contributed by atoms with Crippen LogP contribution in [0, 0.1) is 0 Å². The molecule has 0 bridgehead atoms. The Morgan fingerprint density at radius 2 is 1.61 bits per heavy atom. The molecule has 23 heavy (non-hydrogen) atoms. The van der Waals surface area contributed by atoms with Gasteiger partial charge < -0.3 is 19.9 Å². The van der Waals surface area contributed by atoms with Crippen molar-refractivity contribution >= 4 is 11.6 Å². The molecular weight excluding hydrogens is 314 g/mol. The van der Waals surface area contributed by atoms with Crippen molar-refractivity contribution in [2.75, 3.05) is 27.9 Å². The van der Waals surface area contributed by atoms with E-state index in [0.29, 0.717) is 23.8 Å². The zero-order valence-electron chi connectivity index (χ0n) is 13.6. The van der Waals surface area contributed by atoms with Crippen LogP contribution >= 0.6 is 11.6 Å². The van der Waals surface area contributed by atoms with Crippen LogP contribution in [0.5, 0.6) is 17.2 Å². The van der Waals surface area contributed by atoms with E-state index in [1.807, 2.05) is 36.4 Å². The summed E-state index contributed by atoms with van der Waals surface area (Å²) in [5.74, 6) is 1.97. The summed E-state index contributed by atoms with van der Waals surface area (Å²) < 4.78 is 16.2. The predicted molar refractivity (Wildman–Crippen MR) is 93.0 cm³/mol. The van der Waals surface area contributed by atoms with E-state index >= 15 is 0 Å². The molecule has 2 aromatic rings. The summed E-state index contributed by atoms with van der Waals surface area (Å²) >= 11 is 6.30. The number of benzene rings is 2. The fraction of sp³-hybridized carbons (Fsp3) is 0.333. The first-order chi connectivity index (χ1) is 11.1. The summed E-state index contributed by atoms with van der Waals surface area (Å²) in [7, 11) is 4.80. The van der Waals surface area contributed by atoms with Crippen molar-refractivity contribution in [3.05, 3.63) is 52.5 Å². The van der Waals surface area contributed by atoms with Crippen LogP contribution < -0.4 is 19.9 Å². The molecule has 0 aliphatic rings. The Balaban J connectivity index is 2.36. The van der Waals surface area contributed by atoms with Crippen LogP contribution in [0.15, 0.2) is 36.4 Å². The first kappa shape index (κ1) is 17.4. The zero-order chi connectivity index (χ0) is 16.8. The third-order valence-electron chi connectivity index (χ3n) is 3.84. The number of rotatable bonds is 7. The SMILES string of the molecule is COc1cc(CC(CN)c2ccccc2Cl)cc(OC)c1OC. The van der Waals surface area contributed by atoms with E-state index in [4.69, 9.17) is 31.5 Å². The Labute approximate surface area is 142 Å². The Bertz CT molecular complexity index is 635. The highest BCUT2D eigenvalue weighted by molar-refractivity contribution is 6.31. The van der Waals surface area contributed by atoms with Gasteiger partial charge in [0, 0.05) is 10.9 Å². The van der Waals surface area contributed by atoms with Gasteiger partial charge in [0.1, 0.15) is 0 Å². The van der Waals surface area contributed by atoms with Gasteiger partial charge in [-0.1, -0.05) is 29.8 Å². The van der Waals surface area contributed by atoms with E-state index < -0.39 is 0 Å². The van der Waals surface area contributed by atoms with Crippen LogP contribution in [0.4, 0.5) is 0 Å². The van der Waals surface area contributed by atoms with Gasteiger partial charge in [-0.05, 0) is 42.3 Å². The number of nitrogens with two attached hydrogens (primary N) is 1. The molecule has 0 radical (unpaired) electrons. The van der Waals surface area contributed by atoms with Crippen molar-refractivity contribution in [1.82, 2.24) is 0 Å². The number of methoxy groups -OCH3 is 3. The average Bonchev–Trinajstić information content (AvgIpc) is 2.59. The molecule has 0 aliphatic heterocycles. The zero-order valence-corrected chi connectivity index (χ0v) is 14.4. The van der Waals surface area contributed by atoms with E-state index in [0.717, 1.165) is 22.6 Å². The molecule has 5 heteroatoms. The fourth-order valence-corrected chi connectivity index (χ4v) is 2.95. The van der Waals surface area contributed by atoms with Crippen molar-refractivity contribution < 1.29 is 14.2 Å². The normalized spacial score (nSPS) is 11.9. The van der Waals surface area contributed by atoms with E-state index in [1.54, 1.807) is 21.3 Å². The quantitative estimate of drug-likeness (QED) is 0.839. The van der Waals surface area contributed by atoms with Crippen LogP contribution in [0.3, 0.4) is 0 Å². The highest BCUT2D eigenvalue weighted by atomic mass is 35.5. The lowest BCUT2D eigenvalue weighted by Crippen LogP contribution is -2.15. The second kappa shape index (κ2) is 8.09. The summed E-state index contributed by atoms with van der Waals surface area (Å²) in [6.07, 6.45) is 0.733. The molecule has 1 atom stereocenters. The lowest BCUT2D eigenvalue weighted by molar-refractivity contribution is 0.323. The van der Waals surface area contributed by atoms with Gasteiger partial charge in [-0.25, -0.2) is 0 Å². The molecule has 0 heterocycles. The smallest absolute Gasteiger partial charge is 0.203 e. The maximum Gasteiger partial charge on any atom is 0.203 e. The summed E-state index contributed by atoms with van der Waals surface area (Å²) in [6.45, 7) is 0.500. The van der Waals surface area contributed by atoms with Gasteiger partial charge in [-0.15, -0.1) is 0 Å². The molecular formula is C18H22ClNO3. The Morgan fingerprint density at radius 1 is 1.00 bits per heavy atom. The van der Waals surface area contributed by atoms with Crippen molar-refractivity contribution in [2.24, 2.45) is 5.73 Å². The molecule has 124 valence electrons. The Hall–Kier alpha value is -1.91. The van der Waals surface area contributed by atoms with Gasteiger partial charge in [0.05, 0.1) is 21.3 Å². The van der Waals surface area contributed by atoms with Crippen molar-refractivity contribution in [1.29, 1.82) is 0 Å². The maximum atomic E-state index is 6.30. The van der Waals surface area contributed by atoms with E-state index in [2.05, 4.69) is 0 Å². The third-order valence-corrected chi connectivity index (χ3v) is 4.18. The van der Waals surface area contributed by atoms with Crippen LogP contribution in [0.1, 0.15) is 17.0 Å². The molecule has 1 unspecified atom stereocenters. The van der Waals surface area contributed by atoms with E-state index in [1.165, 1.54) is 0 Å². The second-order valence-corrected chi connectivity index (χ2v) is 5.60. The summed E-state index contributed by atoms with van der Waals surface area (Å²) in [4.78, 5) is 0. The molecule has 0 amide bonds. The highest BCUT2D eigenvalue weighted by Gasteiger charge is 2.18. The molecule has 2 aromatic carbocycles.